The predicted octanol–water partition coefficient (Wildman–Crippen LogP) is 2.06. The predicted molar refractivity (Wildman–Crippen MR) is 87.9 cm³/mol. The van der Waals surface area contributed by atoms with E-state index in [-0.39, 0.29) is 17.5 Å². The van der Waals surface area contributed by atoms with Gasteiger partial charge in [-0.25, -0.2) is 9.37 Å². The van der Waals surface area contributed by atoms with E-state index < -0.39 is 0 Å². The zero-order valence-electron chi connectivity index (χ0n) is 12.6. The van der Waals surface area contributed by atoms with Crippen LogP contribution in [0.4, 0.5) is 10.2 Å². The van der Waals surface area contributed by atoms with E-state index in [4.69, 9.17) is 0 Å². The summed E-state index contributed by atoms with van der Waals surface area (Å²) >= 11 is 1.24. The number of amides is 1. The molecule has 5 nitrogen and oxygen atoms in total. The normalized spacial score (nSPS) is 14.8. The molecule has 0 N–H and O–H groups in total. The van der Waals surface area contributed by atoms with Crippen LogP contribution in [0.15, 0.2) is 47.8 Å². The Morgan fingerprint density at radius 3 is 2.65 bits per heavy atom. The van der Waals surface area contributed by atoms with Crippen LogP contribution in [0.5, 0.6) is 0 Å². The number of carbonyl (C=O) groups excluding carboxylic acids is 1. The van der Waals surface area contributed by atoms with Crippen molar-refractivity contribution in [2.24, 2.45) is 0 Å². The summed E-state index contributed by atoms with van der Waals surface area (Å²) in [6.45, 7) is 2.75. The average Bonchev–Trinajstić information content (AvgIpc) is 2.62. The lowest BCUT2D eigenvalue weighted by Gasteiger charge is -2.35. The Hall–Kier alpha value is -2.15. The molecule has 2 aromatic rings. The van der Waals surface area contributed by atoms with E-state index >= 15 is 0 Å². The number of hydrogen-bond donors (Lipinski definition) is 0. The summed E-state index contributed by atoms with van der Waals surface area (Å²) < 4.78 is 13.6. The molecule has 0 unspecified atom stereocenters. The van der Waals surface area contributed by atoms with Crippen LogP contribution in [-0.2, 0) is 4.79 Å². The Morgan fingerprint density at radius 2 is 1.96 bits per heavy atom. The lowest BCUT2D eigenvalue weighted by molar-refractivity contribution is -0.128. The molecule has 120 valence electrons. The van der Waals surface area contributed by atoms with Crippen molar-refractivity contribution in [2.45, 2.75) is 4.90 Å². The van der Waals surface area contributed by atoms with Gasteiger partial charge >= 0.3 is 0 Å². The van der Waals surface area contributed by atoms with Crippen molar-refractivity contribution in [1.29, 1.82) is 0 Å². The molecule has 1 fully saturated rings. The average molecular weight is 332 g/mol. The van der Waals surface area contributed by atoms with Crippen molar-refractivity contribution in [3.05, 3.63) is 48.7 Å². The number of hydrogen-bond acceptors (Lipinski definition) is 5. The Labute approximate surface area is 138 Å². The first-order valence-electron chi connectivity index (χ1n) is 7.40. The Kier molecular flexibility index (Phi) is 5.07. The smallest absolute Gasteiger partial charge is 0.233 e. The third-order valence-corrected chi connectivity index (χ3v) is 4.73. The maximum Gasteiger partial charge on any atom is 0.233 e. The zero-order valence-corrected chi connectivity index (χ0v) is 13.4. The summed E-state index contributed by atoms with van der Waals surface area (Å²) in [6.07, 6.45) is 5.03. The minimum absolute atomic E-state index is 0.0389. The molecule has 0 aliphatic carbocycles. The van der Waals surface area contributed by atoms with Gasteiger partial charge < -0.3 is 9.80 Å². The summed E-state index contributed by atoms with van der Waals surface area (Å²) in [7, 11) is 0. The van der Waals surface area contributed by atoms with Gasteiger partial charge in [-0.3, -0.25) is 9.78 Å². The van der Waals surface area contributed by atoms with E-state index in [2.05, 4.69) is 14.9 Å². The standard InChI is InChI=1S/C16H17FN4OS/c17-13-3-1-2-4-14(13)23-12-16(22)21-9-7-20(8-10-21)15-11-18-5-6-19-15/h1-6,11H,7-10,12H2. The molecule has 2 heterocycles. The molecule has 1 aliphatic rings. The van der Waals surface area contributed by atoms with Crippen LogP contribution in [0.25, 0.3) is 0 Å². The van der Waals surface area contributed by atoms with E-state index in [1.165, 1.54) is 17.8 Å². The Balaban J connectivity index is 1.50. The molecule has 1 amide bonds. The summed E-state index contributed by atoms with van der Waals surface area (Å²) in [5, 5.41) is 0. The quantitative estimate of drug-likeness (QED) is 0.802. The third-order valence-electron chi connectivity index (χ3n) is 3.69. The van der Waals surface area contributed by atoms with Gasteiger partial charge in [0.05, 0.1) is 11.9 Å². The number of carbonyl (C=O) groups is 1. The van der Waals surface area contributed by atoms with Gasteiger partial charge in [0.15, 0.2) is 0 Å². The third kappa shape index (κ3) is 3.98. The molecule has 0 atom stereocenters. The highest BCUT2D eigenvalue weighted by atomic mass is 32.2. The number of rotatable bonds is 4. The number of thioether (sulfide) groups is 1. The van der Waals surface area contributed by atoms with Gasteiger partial charge in [0, 0.05) is 43.5 Å². The highest BCUT2D eigenvalue weighted by Crippen LogP contribution is 2.22. The van der Waals surface area contributed by atoms with Crippen molar-refractivity contribution < 1.29 is 9.18 Å². The van der Waals surface area contributed by atoms with Crippen LogP contribution in [0.1, 0.15) is 0 Å². The molecular formula is C16H17FN4OS. The summed E-state index contributed by atoms with van der Waals surface area (Å²) in [4.78, 5) is 25.0. The molecule has 1 aromatic carbocycles. The lowest BCUT2D eigenvalue weighted by Crippen LogP contribution is -2.49. The van der Waals surface area contributed by atoms with Crippen LogP contribution in [-0.4, -0.2) is 52.7 Å². The Bertz CT molecular complexity index is 662. The summed E-state index contributed by atoms with van der Waals surface area (Å²) in [5.74, 6) is 0.849. The molecule has 7 heteroatoms. The minimum Gasteiger partial charge on any atom is -0.352 e. The van der Waals surface area contributed by atoms with Gasteiger partial charge in [0.2, 0.25) is 5.91 Å². The molecule has 0 saturated carbocycles. The van der Waals surface area contributed by atoms with Crippen LogP contribution in [0.3, 0.4) is 0 Å². The molecule has 3 rings (SSSR count). The lowest BCUT2D eigenvalue weighted by atomic mass is 10.3. The van der Waals surface area contributed by atoms with E-state index in [1.807, 2.05) is 4.90 Å². The van der Waals surface area contributed by atoms with Gasteiger partial charge in [-0.1, -0.05) is 12.1 Å². The summed E-state index contributed by atoms with van der Waals surface area (Å²) in [5.41, 5.74) is 0. The Morgan fingerprint density at radius 1 is 1.17 bits per heavy atom. The van der Waals surface area contributed by atoms with Crippen molar-refractivity contribution in [3.8, 4) is 0 Å². The first-order chi connectivity index (χ1) is 11.2. The topological polar surface area (TPSA) is 49.3 Å². The maximum absolute atomic E-state index is 13.6. The molecule has 0 bridgehead atoms. The first-order valence-corrected chi connectivity index (χ1v) is 8.38. The van der Waals surface area contributed by atoms with Crippen LogP contribution >= 0.6 is 11.8 Å². The molecule has 1 aliphatic heterocycles. The van der Waals surface area contributed by atoms with Gasteiger partial charge in [-0.05, 0) is 12.1 Å². The fourth-order valence-corrected chi connectivity index (χ4v) is 3.27. The zero-order chi connectivity index (χ0) is 16.1. The van der Waals surface area contributed by atoms with Gasteiger partial charge in [0.1, 0.15) is 11.6 Å². The number of nitrogens with zero attached hydrogens (tertiary/aromatic N) is 4. The number of halogens is 1. The minimum atomic E-state index is -0.280. The van der Waals surface area contributed by atoms with Crippen molar-refractivity contribution in [1.82, 2.24) is 14.9 Å². The largest absolute Gasteiger partial charge is 0.352 e. The highest BCUT2D eigenvalue weighted by Gasteiger charge is 2.22. The van der Waals surface area contributed by atoms with Crippen molar-refractivity contribution in [3.63, 3.8) is 0 Å². The second kappa shape index (κ2) is 7.41. The second-order valence-corrected chi connectivity index (χ2v) is 6.17. The van der Waals surface area contributed by atoms with Gasteiger partial charge in [-0.15, -0.1) is 11.8 Å². The molecule has 0 spiro atoms. The van der Waals surface area contributed by atoms with Crippen molar-refractivity contribution in [2.75, 3.05) is 36.8 Å². The van der Waals surface area contributed by atoms with Gasteiger partial charge in [0.25, 0.3) is 0 Å². The molecule has 1 saturated heterocycles. The molecule has 23 heavy (non-hydrogen) atoms. The first kappa shape index (κ1) is 15.7. The van der Waals surface area contributed by atoms with E-state index in [9.17, 15) is 9.18 Å². The van der Waals surface area contributed by atoms with E-state index in [1.54, 1.807) is 36.8 Å². The molecular weight excluding hydrogens is 315 g/mol. The number of benzene rings is 1. The van der Waals surface area contributed by atoms with Crippen LogP contribution in [0.2, 0.25) is 0 Å². The number of piperazine rings is 1. The second-order valence-electron chi connectivity index (χ2n) is 5.15. The fourth-order valence-electron chi connectivity index (χ4n) is 2.43. The maximum atomic E-state index is 13.6. The summed E-state index contributed by atoms with van der Waals surface area (Å²) in [6, 6.07) is 6.52. The van der Waals surface area contributed by atoms with E-state index in [0.717, 1.165) is 18.9 Å². The monoisotopic (exact) mass is 332 g/mol. The highest BCUT2D eigenvalue weighted by molar-refractivity contribution is 8.00. The SMILES string of the molecule is O=C(CSc1ccccc1F)N1CCN(c2cnccn2)CC1. The molecule has 1 aromatic heterocycles. The van der Waals surface area contributed by atoms with Crippen LogP contribution in [0, 0.1) is 5.82 Å². The number of anilines is 1. The fraction of sp³-hybridized carbons (Fsp3) is 0.312. The molecule has 0 radical (unpaired) electrons. The van der Waals surface area contributed by atoms with Crippen LogP contribution < -0.4 is 4.90 Å². The number of aromatic nitrogens is 2. The van der Waals surface area contributed by atoms with Gasteiger partial charge in [-0.2, -0.15) is 0 Å². The van der Waals surface area contributed by atoms with E-state index in [0.29, 0.717) is 18.0 Å². The van der Waals surface area contributed by atoms with Crippen molar-refractivity contribution >= 4 is 23.5 Å².